The van der Waals surface area contributed by atoms with Crippen LogP contribution in [0.1, 0.15) is 25.2 Å². The molecule has 0 aliphatic carbocycles. The van der Waals surface area contributed by atoms with Gasteiger partial charge < -0.3 is 0 Å². The maximum atomic E-state index is 12.7. The number of nitrogens with zero attached hydrogens (tertiary/aromatic N) is 2. The highest BCUT2D eigenvalue weighted by atomic mass is 35.5. The van der Waals surface area contributed by atoms with E-state index in [0.29, 0.717) is 24.5 Å². The van der Waals surface area contributed by atoms with Gasteiger partial charge in [-0.1, -0.05) is 0 Å². The van der Waals surface area contributed by atoms with E-state index >= 15 is 0 Å². The molecule has 1 fully saturated rings. The number of hydrogen-bond acceptors (Lipinski definition) is 4. The first-order valence-corrected chi connectivity index (χ1v) is 8.98. The fourth-order valence-corrected chi connectivity index (χ4v) is 5.72. The van der Waals surface area contributed by atoms with Gasteiger partial charge in [-0.15, -0.1) is 11.6 Å². The molecule has 8 heteroatoms. The van der Waals surface area contributed by atoms with Gasteiger partial charge in [0.25, 0.3) is 0 Å². The number of sulfonamides is 1. The normalized spacial score (nSPS) is 20.6. The van der Waals surface area contributed by atoms with Crippen LogP contribution in [0.2, 0.25) is 0 Å². The standard InChI is InChI=1S/C11H18ClN3O2S2/c1-8-10(9(6-12)14-13-8)19(16,17)15-4-5-18-11(2,3)7-15/h4-7H2,1-3H3,(H,13,14). The highest BCUT2D eigenvalue weighted by Gasteiger charge is 2.37. The molecule has 1 aliphatic heterocycles. The summed E-state index contributed by atoms with van der Waals surface area (Å²) in [4.78, 5) is 0.241. The van der Waals surface area contributed by atoms with E-state index in [9.17, 15) is 8.42 Å². The monoisotopic (exact) mass is 323 g/mol. The first-order chi connectivity index (χ1) is 8.78. The maximum absolute atomic E-state index is 12.7. The predicted molar refractivity (Wildman–Crippen MR) is 78.2 cm³/mol. The molecule has 1 saturated heterocycles. The SMILES string of the molecule is Cc1[nH]nc(CCl)c1S(=O)(=O)N1CCSC(C)(C)C1. The molecule has 1 N–H and O–H groups in total. The molecular formula is C11H18ClN3O2S2. The summed E-state index contributed by atoms with van der Waals surface area (Å²) in [6.07, 6.45) is 0. The Morgan fingerprint density at radius 2 is 2.21 bits per heavy atom. The van der Waals surface area contributed by atoms with Crippen LogP contribution in [0.15, 0.2) is 4.90 Å². The molecule has 0 atom stereocenters. The van der Waals surface area contributed by atoms with Gasteiger partial charge in [0.2, 0.25) is 10.0 Å². The van der Waals surface area contributed by atoms with Gasteiger partial charge in [0.15, 0.2) is 0 Å². The topological polar surface area (TPSA) is 66.1 Å². The summed E-state index contributed by atoms with van der Waals surface area (Å²) in [5.41, 5.74) is 0.946. The molecule has 1 aliphatic rings. The average molecular weight is 324 g/mol. The van der Waals surface area contributed by atoms with Gasteiger partial charge in [-0.05, 0) is 20.8 Å². The molecule has 0 aromatic carbocycles. The Balaban J connectivity index is 2.39. The summed E-state index contributed by atoms with van der Waals surface area (Å²) in [5, 5.41) is 6.67. The van der Waals surface area contributed by atoms with E-state index in [4.69, 9.17) is 11.6 Å². The molecular weight excluding hydrogens is 306 g/mol. The Morgan fingerprint density at radius 3 is 2.79 bits per heavy atom. The Hall–Kier alpha value is -0.240. The smallest absolute Gasteiger partial charge is 0.246 e. The van der Waals surface area contributed by atoms with Crippen LogP contribution in [0.3, 0.4) is 0 Å². The lowest BCUT2D eigenvalue weighted by Gasteiger charge is -2.36. The van der Waals surface area contributed by atoms with Gasteiger partial charge in [-0.2, -0.15) is 21.2 Å². The molecule has 19 heavy (non-hydrogen) atoms. The van der Waals surface area contributed by atoms with Crippen LogP contribution < -0.4 is 0 Å². The Bertz CT molecular complexity index is 568. The maximum Gasteiger partial charge on any atom is 0.246 e. The molecule has 1 aromatic heterocycles. The zero-order chi connectivity index (χ0) is 14.3. The zero-order valence-corrected chi connectivity index (χ0v) is 13.6. The third-order valence-corrected chi connectivity index (χ3v) is 6.68. The highest BCUT2D eigenvalue weighted by Crippen LogP contribution is 2.33. The van der Waals surface area contributed by atoms with Gasteiger partial charge in [0.1, 0.15) is 4.90 Å². The first-order valence-electron chi connectivity index (χ1n) is 6.02. The van der Waals surface area contributed by atoms with Gasteiger partial charge in [-0.25, -0.2) is 8.42 Å². The molecule has 108 valence electrons. The molecule has 5 nitrogen and oxygen atoms in total. The molecule has 0 unspecified atom stereocenters. The summed E-state index contributed by atoms with van der Waals surface area (Å²) >= 11 is 7.57. The number of hydrogen-bond donors (Lipinski definition) is 1. The van der Waals surface area contributed by atoms with Crippen LogP contribution in [-0.4, -0.2) is 46.5 Å². The van der Waals surface area contributed by atoms with Gasteiger partial charge in [0, 0.05) is 23.6 Å². The number of nitrogens with one attached hydrogen (secondary N) is 1. The van der Waals surface area contributed by atoms with Crippen LogP contribution in [0.25, 0.3) is 0 Å². The van der Waals surface area contributed by atoms with Crippen molar-refractivity contribution < 1.29 is 8.42 Å². The van der Waals surface area contributed by atoms with Crippen molar-refractivity contribution in [2.24, 2.45) is 0 Å². The second-order valence-electron chi connectivity index (χ2n) is 5.20. The summed E-state index contributed by atoms with van der Waals surface area (Å²) < 4.78 is 26.9. The van der Waals surface area contributed by atoms with Crippen LogP contribution in [0, 0.1) is 6.92 Å². The van der Waals surface area contributed by atoms with E-state index in [1.165, 1.54) is 4.31 Å². The number of halogens is 1. The molecule has 0 saturated carbocycles. The molecule has 0 radical (unpaired) electrons. The second kappa shape index (κ2) is 5.27. The van der Waals surface area contributed by atoms with Gasteiger partial charge in [0.05, 0.1) is 17.3 Å². The van der Waals surface area contributed by atoms with E-state index < -0.39 is 10.0 Å². The quantitative estimate of drug-likeness (QED) is 0.864. The van der Waals surface area contributed by atoms with Crippen LogP contribution in [0.4, 0.5) is 0 Å². The summed E-state index contributed by atoms with van der Waals surface area (Å²) in [5.74, 6) is 0.893. The lowest BCUT2D eigenvalue weighted by molar-refractivity contribution is 0.387. The van der Waals surface area contributed by atoms with Gasteiger partial charge >= 0.3 is 0 Å². The molecule has 1 aromatic rings. The van der Waals surface area contributed by atoms with Crippen molar-refractivity contribution >= 4 is 33.4 Å². The average Bonchev–Trinajstić information content (AvgIpc) is 2.69. The molecule has 0 amide bonds. The molecule has 2 heterocycles. The summed E-state index contributed by atoms with van der Waals surface area (Å²) in [6, 6.07) is 0. The number of aromatic amines is 1. The fraction of sp³-hybridized carbons (Fsp3) is 0.727. The van der Waals surface area contributed by atoms with Crippen molar-refractivity contribution in [2.75, 3.05) is 18.8 Å². The minimum Gasteiger partial charge on any atom is -0.281 e. The molecule has 0 bridgehead atoms. The number of aryl methyl sites for hydroxylation is 1. The van der Waals surface area contributed by atoms with Crippen molar-refractivity contribution in [1.29, 1.82) is 0 Å². The van der Waals surface area contributed by atoms with E-state index in [0.717, 1.165) is 5.75 Å². The molecule has 2 rings (SSSR count). The van der Waals surface area contributed by atoms with Gasteiger partial charge in [-0.3, -0.25) is 5.10 Å². The van der Waals surface area contributed by atoms with E-state index in [-0.39, 0.29) is 15.5 Å². The van der Waals surface area contributed by atoms with Crippen molar-refractivity contribution in [3.8, 4) is 0 Å². The molecule has 0 spiro atoms. The lowest BCUT2D eigenvalue weighted by Crippen LogP contribution is -2.46. The predicted octanol–water partition coefficient (Wildman–Crippen LogP) is 1.97. The highest BCUT2D eigenvalue weighted by molar-refractivity contribution is 8.00. The van der Waals surface area contributed by atoms with Crippen LogP contribution >= 0.6 is 23.4 Å². The van der Waals surface area contributed by atoms with Crippen molar-refractivity contribution in [2.45, 2.75) is 36.3 Å². The largest absolute Gasteiger partial charge is 0.281 e. The minimum atomic E-state index is -3.52. The summed E-state index contributed by atoms with van der Waals surface area (Å²) in [6.45, 7) is 6.86. The van der Waals surface area contributed by atoms with E-state index in [1.54, 1.807) is 18.7 Å². The Kier molecular flexibility index (Phi) is 4.21. The van der Waals surface area contributed by atoms with Crippen LogP contribution in [-0.2, 0) is 15.9 Å². The number of aromatic nitrogens is 2. The summed E-state index contributed by atoms with van der Waals surface area (Å²) in [7, 11) is -3.52. The zero-order valence-electron chi connectivity index (χ0n) is 11.2. The Labute approximate surface area is 123 Å². The van der Waals surface area contributed by atoms with Crippen molar-refractivity contribution in [1.82, 2.24) is 14.5 Å². The third kappa shape index (κ3) is 2.94. The van der Waals surface area contributed by atoms with Crippen LogP contribution in [0.5, 0.6) is 0 Å². The number of thioether (sulfide) groups is 1. The third-order valence-electron chi connectivity index (χ3n) is 3.08. The number of alkyl halides is 1. The van der Waals surface area contributed by atoms with E-state index in [1.807, 2.05) is 0 Å². The second-order valence-corrected chi connectivity index (χ2v) is 9.15. The fourth-order valence-electron chi connectivity index (χ4n) is 2.21. The van der Waals surface area contributed by atoms with Crippen molar-refractivity contribution in [3.63, 3.8) is 0 Å². The van der Waals surface area contributed by atoms with E-state index in [2.05, 4.69) is 24.0 Å². The lowest BCUT2D eigenvalue weighted by atomic mass is 10.2. The number of H-pyrrole nitrogens is 1. The number of rotatable bonds is 3. The Morgan fingerprint density at radius 1 is 1.53 bits per heavy atom. The minimum absolute atomic E-state index is 0.0654. The van der Waals surface area contributed by atoms with Crippen molar-refractivity contribution in [3.05, 3.63) is 11.4 Å². The first kappa shape index (κ1) is 15.2.